The van der Waals surface area contributed by atoms with Gasteiger partial charge in [-0.2, -0.15) is 13.2 Å². The number of benzene rings is 1. The van der Waals surface area contributed by atoms with Crippen molar-refractivity contribution in [2.75, 3.05) is 19.4 Å². The van der Waals surface area contributed by atoms with Gasteiger partial charge in [-0.1, -0.05) is 0 Å². The normalized spacial score (nSPS) is 11.1. The van der Waals surface area contributed by atoms with Crippen LogP contribution in [0.2, 0.25) is 0 Å². The zero-order valence-corrected chi connectivity index (χ0v) is 8.77. The van der Waals surface area contributed by atoms with Crippen molar-refractivity contribution in [3.8, 4) is 0 Å². The molecule has 16 heavy (non-hydrogen) atoms. The summed E-state index contributed by atoms with van der Waals surface area (Å²) in [7, 11) is 2.85. The lowest BCUT2D eigenvalue weighted by molar-refractivity contribution is -0.137. The summed E-state index contributed by atoms with van der Waals surface area (Å²) >= 11 is 0. The fourth-order valence-electron chi connectivity index (χ4n) is 1.21. The van der Waals surface area contributed by atoms with Crippen LogP contribution < -0.4 is 10.6 Å². The maximum Gasteiger partial charge on any atom is 0.416 e. The zero-order chi connectivity index (χ0) is 12.3. The number of anilines is 1. The van der Waals surface area contributed by atoms with Crippen molar-refractivity contribution in [2.45, 2.75) is 6.18 Å². The molecule has 2 N–H and O–H groups in total. The van der Waals surface area contributed by atoms with E-state index >= 15 is 0 Å². The van der Waals surface area contributed by atoms with Gasteiger partial charge >= 0.3 is 6.18 Å². The van der Waals surface area contributed by atoms with Crippen LogP contribution in [0.5, 0.6) is 0 Å². The Hall–Kier alpha value is -1.72. The van der Waals surface area contributed by atoms with E-state index in [1.54, 1.807) is 0 Å². The van der Waals surface area contributed by atoms with Gasteiger partial charge in [-0.05, 0) is 18.2 Å². The molecule has 88 valence electrons. The first-order valence-corrected chi connectivity index (χ1v) is 4.50. The van der Waals surface area contributed by atoms with Crippen molar-refractivity contribution >= 4 is 11.6 Å². The number of amides is 1. The fourth-order valence-corrected chi connectivity index (χ4v) is 1.21. The summed E-state index contributed by atoms with van der Waals surface area (Å²) in [6, 6.07) is 3.13. The van der Waals surface area contributed by atoms with Crippen LogP contribution in [0.25, 0.3) is 0 Å². The predicted octanol–water partition coefficient (Wildman–Crippen LogP) is 2.11. The minimum absolute atomic E-state index is 0.0262. The summed E-state index contributed by atoms with van der Waals surface area (Å²) < 4.78 is 37.5. The predicted molar refractivity (Wildman–Crippen MR) is 54.4 cm³/mol. The van der Waals surface area contributed by atoms with Crippen molar-refractivity contribution < 1.29 is 18.0 Å². The van der Waals surface area contributed by atoms with Crippen molar-refractivity contribution in [1.29, 1.82) is 0 Å². The molecular formula is C10H11F3N2O. The third-order valence-electron chi connectivity index (χ3n) is 2.04. The fraction of sp³-hybridized carbons (Fsp3) is 0.300. The second kappa shape index (κ2) is 4.42. The van der Waals surface area contributed by atoms with E-state index in [2.05, 4.69) is 10.6 Å². The lowest BCUT2D eigenvalue weighted by atomic mass is 10.1. The molecule has 0 fully saturated rings. The number of carbonyl (C=O) groups is 1. The minimum atomic E-state index is -4.46. The summed E-state index contributed by atoms with van der Waals surface area (Å²) in [5.41, 5.74) is -0.631. The lowest BCUT2D eigenvalue weighted by Gasteiger charge is -2.11. The van der Waals surface area contributed by atoms with Crippen LogP contribution in [0, 0.1) is 0 Å². The van der Waals surface area contributed by atoms with E-state index in [0.29, 0.717) is 0 Å². The SMILES string of the molecule is CNC(=O)c1cc(NC)cc(C(F)(F)F)c1. The average molecular weight is 232 g/mol. The molecule has 0 saturated heterocycles. The summed E-state index contributed by atoms with van der Waals surface area (Å²) in [5.74, 6) is -0.553. The van der Waals surface area contributed by atoms with Crippen LogP contribution in [0.4, 0.5) is 18.9 Å². The molecule has 1 aromatic carbocycles. The zero-order valence-electron chi connectivity index (χ0n) is 8.77. The molecule has 0 radical (unpaired) electrons. The minimum Gasteiger partial charge on any atom is -0.388 e. The maximum atomic E-state index is 12.5. The number of halogens is 3. The second-order valence-corrected chi connectivity index (χ2v) is 3.13. The summed E-state index contributed by atoms with van der Waals surface area (Å²) in [4.78, 5) is 11.3. The Morgan fingerprint density at radius 1 is 1.19 bits per heavy atom. The van der Waals surface area contributed by atoms with Crippen molar-refractivity contribution in [3.63, 3.8) is 0 Å². The van der Waals surface area contributed by atoms with Crippen LogP contribution in [0.15, 0.2) is 18.2 Å². The molecule has 6 heteroatoms. The van der Waals surface area contributed by atoms with Crippen LogP contribution >= 0.6 is 0 Å². The molecule has 0 aliphatic carbocycles. The highest BCUT2D eigenvalue weighted by molar-refractivity contribution is 5.95. The van der Waals surface area contributed by atoms with Crippen LogP contribution in [-0.4, -0.2) is 20.0 Å². The van der Waals surface area contributed by atoms with Gasteiger partial charge in [0.25, 0.3) is 5.91 Å². The maximum absolute atomic E-state index is 12.5. The Morgan fingerprint density at radius 2 is 1.81 bits per heavy atom. The molecule has 3 nitrogen and oxygen atoms in total. The number of alkyl halides is 3. The topological polar surface area (TPSA) is 41.1 Å². The molecule has 0 spiro atoms. The van der Waals surface area contributed by atoms with Crippen molar-refractivity contribution in [1.82, 2.24) is 5.32 Å². The molecular weight excluding hydrogens is 221 g/mol. The third kappa shape index (κ3) is 2.65. The molecule has 0 aliphatic heterocycles. The first-order chi connectivity index (χ1) is 7.38. The first-order valence-electron chi connectivity index (χ1n) is 4.50. The van der Waals surface area contributed by atoms with Gasteiger partial charge in [-0.25, -0.2) is 0 Å². The summed E-state index contributed by atoms with van der Waals surface area (Å²) in [6.45, 7) is 0. The highest BCUT2D eigenvalue weighted by Gasteiger charge is 2.31. The van der Waals surface area contributed by atoms with Crippen LogP contribution in [0.3, 0.4) is 0 Å². The van der Waals surface area contributed by atoms with Gasteiger partial charge in [0.2, 0.25) is 0 Å². The Labute approximate surface area is 90.6 Å². The number of hydrogen-bond donors (Lipinski definition) is 2. The van der Waals surface area contributed by atoms with E-state index < -0.39 is 17.6 Å². The molecule has 0 unspecified atom stereocenters. The molecule has 1 rings (SSSR count). The summed E-state index contributed by atoms with van der Waals surface area (Å²) in [6.07, 6.45) is -4.46. The smallest absolute Gasteiger partial charge is 0.388 e. The highest BCUT2D eigenvalue weighted by atomic mass is 19.4. The Balaban J connectivity index is 3.27. The van der Waals surface area contributed by atoms with E-state index in [1.165, 1.54) is 20.2 Å². The lowest BCUT2D eigenvalue weighted by Crippen LogP contribution is -2.19. The van der Waals surface area contributed by atoms with Gasteiger partial charge < -0.3 is 10.6 Å². The Morgan fingerprint density at radius 3 is 2.25 bits per heavy atom. The highest BCUT2D eigenvalue weighted by Crippen LogP contribution is 2.31. The van der Waals surface area contributed by atoms with Gasteiger partial charge in [0.15, 0.2) is 0 Å². The van der Waals surface area contributed by atoms with E-state index in [4.69, 9.17) is 0 Å². The monoisotopic (exact) mass is 232 g/mol. The van der Waals surface area contributed by atoms with Gasteiger partial charge in [-0.3, -0.25) is 4.79 Å². The molecule has 0 bridgehead atoms. The van der Waals surface area contributed by atoms with Crippen LogP contribution in [0.1, 0.15) is 15.9 Å². The molecule has 0 aromatic heterocycles. The van der Waals surface area contributed by atoms with Crippen molar-refractivity contribution in [2.24, 2.45) is 0 Å². The van der Waals surface area contributed by atoms with Crippen LogP contribution in [-0.2, 0) is 6.18 Å². The number of hydrogen-bond acceptors (Lipinski definition) is 2. The largest absolute Gasteiger partial charge is 0.416 e. The van der Waals surface area contributed by atoms with E-state index in [-0.39, 0.29) is 11.3 Å². The standard InChI is InChI=1S/C10H11F3N2O/c1-14-8-4-6(9(16)15-2)3-7(5-8)10(11,12)13/h3-5,14H,1-2H3,(H,15,16). The Bertz CT molecular complexity index is 402. The van der Waals surface area contributed by atoms with E-state index in [0.717, 1.165) is 12.1 Å². The summed E-state index contributed by atoms with van der Waals surface area (Å²) in [5, 5.41) is 4.86. The van der Waals surface area contributed by atoms with Gasteiger partial charge in [-0.15, -0.1) is 0 Å². The number of carbonyl (C=O) groups excluding carboxylic acids is 1. The van der Waals surface area contributed by atoms with Gasteiger partial charge in [0, 0.05) is 25.3 Å². The second-order valence-electron chi connectivity index (χ2n) is 3.13. The molecule has 0 saturated carbocycles. The third-order valence-corrected chi connectivity index (χ3v) is 2.04. The molecule has 0 aliphatic rings. The number of rotatable bonds is 2. The molecule has 1 aromatic rings. The van der Waals surface area contributed by atoms with E-state index in [1.807, 2.05) is 0 Å². The average Bonchev–Trinajstić information content (AvgIpc) is 2.26. The van der Waals surface area contributed by atoms with E-state index in [9.17, 15) is 18.0 Å². The van der Waals surface area contributed by atoms with Gasteiger partial charge in [0.05, 0.1) is 5.56 Å². The molecule has 0 heterocycles. The number of nitrogens with one attached hydrogen (secondary N) is 2. The Kier molecular flexibility index (Phi) is 3.41. The first kappa shape index (κ1) is 12.4. The quantitative estimate of drug-likeness (QED) is 0.819. The van der Waals surface area contributed by atoms with Gasteiger partial charge in [0.1, 0.15) is 0 Å². The van der Waals surface area contributed by atoms with Crippen molar-refractivity contribution in [3.05, 3.63) is 29.3 Å². The molecule has 1 amide bonds. The molecule has 0 atom stereocenters.